The smallest absolute Gasteiger partial charge is 0.143 e. The monoisotopic (exact) mass is 290 g/mol. The number of nitrogen functional groups attached to an aromatic ring is 1. The number of nitrogens with two attached hydrogens (primary N) is 1. The number of hydrogen-bond donors (Lipinski definition) is 1. The van der Waals surface area contributed by atoms with E-state index in [-0.39, 0.29) is 10.7 Å². The predicted octanol–water partition coefficient (Wildman–Crippen LogP) is 4.43. The lowest BCUT2D eigenvalue weighted by atomic mass is 10.1. The molecule has 0 unspecified atom stereocenters. The Morgan fingerprint density at radius 3 is 2.18 bits per heavy atom. The van der Waals surface area contributed by atoms with Crippen molar-refractivity contribution in [2.75, 3.05) is 5.73 Å². The molecule has 0 spiro atoms. The zero-order valence-corrected chi connectivity index (χ0v) is 10.6. The van der Waals surface area contributed by atoms with Crippen molar-refractivity contribution in [2.24, 2.45) is 0 Å². The topological polar surface area (TPSA) is 38.9 Å². The third-order valence-corrected chi connectivity index (χ3v) is 3.34. The van der Waals surface area contributed by atoms with Gasteiger partial charge in [0.05, 0.1) is 32.6 Å². The van der Waals surface area contributed by atoms with Gasteiger partial charge in [-0.25, -0.2) is 4.39 Å². The van der Waals surface area contributed by atoms with E-state index >= 15 is 0 Å². The molecule has 0 atom stereocenters. The molecule has 1 aromatic heterocycles. The quantitative estimate of drug-likeness (QED) is 0.789. The summed E-state index contributed by atoms with van der Waals surface area (Å²) in [6, 6.07) is 4.33. The highest BCUT2D eigenvalue weighted by atomic mass is 35.5. The second kappa shape index (κ2) is 4.69. The summed E-state index contributed by atoms with van der Waals surface area (Å²) in [4.78, 5) is 3.90. The number of benzene rings is 1. The van der Waals surface area contributed by atoms with Crippen LogP contribution in [0.15, 0.2) is 24.4 Å². The first-order chi connectivity index (χ1) is 7.99. The summed E-state index contributed by atoms with van der Waals surface area (Å²) < 4.78 is 12.9. The molecule has 88 valence electrons. The second-order valence-corrected chi connectivity index (χ2v) is 4.54. The highest BCUT2D eigenvalue weighted by Gasteiger charge is 2.11. The molecule has 0 radical (unpaired) electrons. The fraction of sp³-hybridized carbons (Fsp3) is 0. The summed E-state index contributed by atoms with van der Waals surface area (Å²) >= 11 is 17.6. The molecule has 0 saturated heterocycles. The first-order valence-electron chi connectivity index (χ1n) is 4.55. The van der Waals surface area contributed by atoms with Crippen LogP contribution >= 0.6 is 34.8 Å². The van der Waals surface area contributed by atoms with E-state index in [9.17, 15) is 4.39 Å². The second-order valence-electron chi connectivity index (χ2n) is 3.35. The van der Waals surface area contributed by atoms with Crippen molar-refractivity contribution in [2.45, 2.75) is 0 Å². The summed E-state index contributed by atoms with van der Waals surface area (Å²) in [6.07, 6.45) is 1.07. The summed E-state index contributed by atoms with van der Waals surface area (Å²) in [5.74, 6) is -0.502. The molecule has 2 N–H and O–H groups in total. The van der Waals surface area contributed by atoms with Crippen LogP contribution in [0, 0.1) is 5.82 Å². The Bertz CT molecular complexity index is 564. The summed E-state index contributed by atoms with van der Waals surface area (Å²) in [5, 5.41) is 0.845. The third kappa shape index (κ3) is 2.46. The highest BCUT2D eigenvalue weighted by molar-refractivity contribution is 6.48. The molecule has 2 rings (SSSR count). The van der Waals surface area contributed by atoms with Gasteiger partial charge in [0.15, 0.2) is 0 Å². The van der Waals surface area contributed by atoms with Crippen LogP contribution in [0.3, 0.4) is 0 Å². The molecule has 0 saturated carbocycles. The van der Waals surface area contributed by atoms with Gasteiger partial charge in [-0.1, -0.05) is 34.8 Å². The zero-order valence-electron chi connectivity index (χ0n) is 8.35. The van der Waals surface area contributed by atoms with Gasteiger partial charge in [0, 0.05) is 11.6 Å². The SMILES string of the molecule is Nc1cc(F)cnc1-c1cc(Cl)c(Cl)c(Cl)c1. The average Bonchev–Trinajstić information content (AvgIpc) is 2.25. The van der Waals surface area contributed by atoms with Crippen LogP contribution in [0.25, 0.3) is 11.3 Å². The van der Waals surface area contributed by atoms with Gasteiger partial charge in [0.2, 0.25) is 0 Å². The lowest BCUT2D eigenvalue weighted by molar-refractivity contribution is 0.622. The fourth-order valence-electron chi connectivity index (χ4n) is 1.39. The van der Waals surface area contributed by atoms with Crippen LogP contribution in [0.1, 0.15) is 0 Å². The van der Waals surface area contributed by atoms with Gasteiger partial charge in [-0.3, -0.25) is 4.98 Å². The third-order valence-electron chi connectivity index (χ3n) is 2.14. The first-order valence-corrected chi connectivity index (χ1v) is 5.68. The Kier molecular flexibility index (Phi) is 3.43. The molecule has 1 aromatic carbocycles. The minimum Gasteiger partial charge on any atom is -0.397 e. The van der Waals surface area contributed by atoms with Crippen LogP contribution in [0.2, 0.25) is 15.1 Å². The Morgan fingerprint density at radius 1 is 1.06 bits per heavy atom. The lowest BCUT2D eigenvalue weighted by Gasteiger charge is -2.07. The van der Waals surface area contributed by atoms with E-state index in [0.717, 1.165) is 6.20 Å². The highest BCUT2D eigenvalue weighted by Crippen LogP contribution is 2.35. The minimum atomic E-state index is -0.502. The van der Waals surface area contributed by atoms with Gasteiger partial charge in [-0.2, -0.15) is 0 Å². The fourth-order valence-corrected chi connectivity index (χ4v) is 1.98. The molecule has 2 aromatic rings. The number of hydrogen-bond acceptors (Lipinski definition) is 2. The van der Waals surface area contributed by atoms with Crippen molar-refractivity contribution in [3.8, 4) is 11.3 Å². The van der Waals surface area contributed by atoms with E-state index in [4.69, 9.17) is 40.5 Å². The van der Waals surface area contributed by atoms with Crippen molar-refractivity contribution in [3.05, 3.63) is 45.3 Å². The Labute approximate surface area is 112 Å². The van der Waals surface area contributed by atoms with Crippen LogP contribution < -0.4 is 5.73 Å². The molecule has 2 nitrogen and oxygen atoms in total. The minimum absolute atomic E-state index is 0.208. The molecule has 17 heavy (non-hydrogen) atoms. The molecular weight excluding hydrogens is 285 g/mol. The molecule has 1 heterocycles. The van der Waals surface area contributed by atoms with Crippen molar-refractivity contribution < 1.29 is 4.39 Å². The maximum Gasteiger partial charge on any atom is 0.143 e. The van der Waals surface area contributed by atoms with Crippen molar-refractivity contribution in [1.82, 2.24) is 4.98 Å². The first kappa shape index (κ1) is 12.4. The van der Waals surface area contributed by atoms with Crippen LogP contribution in [-0.2, 0) is 0 Å². The maximum absolute atomic E-state index is 12.9. The largest absolute Gasteiger partial charge is 0.397 e. The summed E-state index contributed by atoms with van der Waals surface area (Å²) in [5.41, 5.74) is 6.87. The molecule has 0 aliphatic carbocycles. The Balaban J connectivity index is 2.61. The molecule has 0 fully saturated rings. The van der Waals surface area contributed by atoms with Gasteiger partial charge in [0.1, 0.15) is 5.82 Å². The van der Waals surface area contributed by atoms with E-state index in [2.05, 4.69) is 4.98 Å². The van der Waals surface area contributed by atoms with Crippen LogP contribution in [-0.4, -0.2) is 4.98 Å². The van der Waals surface area contributed by atoms with Crippen LogP contribution in [0.5, 0.6) is 0 Å². The molecule has 0 aliphatic heterocycles. The van der Waals surface area contributed by atoms with Crippen molar-refractivity contribution in [1.29, 1.82) is 0 Å². The van der Waals surface area contributed by atoms with Gasteiger partial charge in [-0.15, -0.1) is 0 Å². The normalized spacial score (nSPS) is 10.6. The standard InChI is InChI=1S/C11H6Cl3FN2/c12-7-1-5(2-8(13)10(7)14)11-9(16)3-6(15)4-17-11/h1-4H,16H2. The van der Waals surface area contributed by atoms with Crippen molar-refractivity contribution >= 4 is 40.5 Å². The summed E-state index contributed by atoms with van der Waals surface area (Å²) in [6.45, 7) is 0. The van der Waals surface area contributed by atoms with E-state index in [0.29, 0.717) is 21.3 Å². The number of anilines is 1. The molecule has 0 aliphatic rings. The van der Waals surface area contributed by atoms with E-state index in [1.165, 1.54) is 6.07 Å². The lowest BCUT2D eigenvalue weighted by Crippen LogP contribution is -1.95. The van der Waals surface area contributed by atoms with Crippen LogP contribution in [0.4, 0.5) is 10.1 Å². The number of halogens is 4. The van der Waals surface area contributed by atoms with Gasteiger partial charge in [0.25, 0.3) is 0 Å². The van der Waals surface area contributed by atoms with Gasteiger partial charge >= 0.3 is 0 Å². The molecule has 0 amide bonds. The maximum atomic E-state index is 12.9. The van der Waals surface area contributed by atoms with Crippen molar-refractivity contribution in [3.63, 3.8) is 0 Å². The Hall–Kier alpha value is -1.03. The number of nitrogens with zero attached hydrogens (tertiary/aromatic N) is 1. The number of aromatic nitrogens is 1. The van der Waals surface area contributed by atoms with E-state index in [1.54, 1.807) is 12.1 Å². The van der Waals surface area contributed by atoms with Gasteiger partial charge < -0.3 is 5.73 Å². The van der Waals surface area contributed by atoms with E-state index in [1.807, 2.05) is 0 Å². The number of pyridine rings is 1. The molecular formula is C11H6Cl3FN2. The van der Waals surface area contributed by atoms with E-state index < -0.39 is 5.82 Å². The number of rotatable bonds is 1. The Morgan fingerprint density at radius 2 is 1.65 bits per heavy atom. The molecule has 0 bridgehead atoms. The average molecular weight is 292 g/mol. The van der Waals surface area contributed by atoms with Gasteiger partial charge in [-0.05, 0) is 12.1 Å². The predicted molar refractivity (Wildman–Crippen MR) is 69.1 cm³/mol. The zero-order chi connectivity index (χ0) is 12.6. The summed E-state index contributed by atoms with van der Waals surface area (Å²) in [7, 11) is 0. The molecule has 6 heteroatoms.